The van der Waals surface area contributed by atoms with Crippen LogP contribution in [0.2, 0.25) is 5.15 Å². The quantitative estimate of drug-likeness (QED) is 0.822. The molecule has 2 aromatic heterocycles. The Bertz CT molecular complexity index is 647. The highest BCUT2D eigenvalue weighted by Gasteiger charge is 2.08. The van der Waals surface area contributed by atoms with Crippen LogP contribution in [0.1, 0.15) is 12.1 Å². The Morgan fingerprint density at radius 3 is 3.11 bits per heavy atom. The first-order valence-corrected chi connectivity index (χ1v) is 6.62. The van der Waals surface area contributed by atoms with Gasteiger partial charge in [-0.3, -0.25) is 14.0 Å². The molecule has 2 heterocycles. The lowest BCUT2D eigenvalue weighted by molar-refractivity contribution is -0.136. The number of halogens is 1. The number of hydrogen-bond acceptors (Lipinski definition) is 4. The highest BCUT2D eigenvalue weighted by atomic mass is 35.5. The zero-order valence-electron chi connectivity index (χ0n) is 9.67. The van der Waals surface area contributed by atoms with Crippen LogP contribution in [0.5, 0.6) is 0 Å². The number of carboxylic acid groups (broad SMARTS) is 1. The summed E-state index contributed by atoms with van der Waals surface area (Å²) in [5.41, 5.74) is 0.617. The van der Waals surface area contributed by atoms with Crippen LogP contribution >= 0.6 is 22.9 Å². The Balaban J connectivity index is 2.01. The van der Waals surface area contributed by atoms with Crippen LogP contribution in [-0.2, 0) is 9.59 Å². The summed E-state index contributed by atoms with van der Waals surface area (Å²) in [4.78, 5) is 26.6. The molecule has 2 N–H and O–H groups in total. The first-order valence-electron chi connectivity index (χ1n) is 5.36. The minimum absolute atomic E-state index is 0.0898. The van der Waals surface area contributed by atoms with Gasteiger partial charge in [-0.15, -0.1) is 11.3 Å². The van der Waals surface area contributed by atoms with Crippen molar-refractivity contribution >= 4 is 45.9 Å². The summed E-state index contributed by atoms with van der Waals surface area (Å²) in [5, 5.41) is 13.1. The van der Waals surface area contributed by atoms with Crippen LogP contribution in [0.3, 0.4) is 0 Å². The molecular weight excluding hydrogens is 290 g/mol. The zero-order chi connectivity index (χ0) is 13.8. The van der Waals surface area contributed by atoms with E-state index in [1.165, 1.54) is 17.4 Å². The van der Waals surface area contributed by atoms with Crippen LogP contribution in [0.25, 0.3) is 11.0 Å². The number of carbonyl (C=O) groups is 2. The third-order valence-electron chi connectivity index (χ3n) is 2.28. The number of hydrogen-bond donors (Lipinski definition) is 2. The average molecular weight is 300 g/mol. The van der Waals surface area contributed by atoms with Gasteiger partial charge >= 0.3 is 5.97 Å². The summed E-state index contributed by atoms with van der Waals surface area (Å²) in [6.07, 6.45) is 4.54. The zero-order valence-corrected chi connectivity index (χ0v) is 11.2. The molecule has 0 aliphatic heterocycles. The van der Waals surface area contributed by atoms with E-state index < -0.39 is 5.97 Å². The van der Waals surface area contributed by atoms with Gasteiger partial charge in [-0.05, 0) is 6.08 Å². The van der Waals surface area contributed by atoms with Crippen molar-refractivity contribution in [2.45, 2.75) is 6.42 Å². The van der Waals surface area contributed by atoms with E-state index in [4.69, 9.17) is 16.7 Å². The number of carbonyl (C=O) groups excluding carboxylic acids is 1. The Morgan fingerprint density at radius 2 is 2.37 bits per heavy atom. The van der Waals surface area contributed by atoms with Crippen molar-refractivity contribution in [3.05, 3.63) is 28.5 Å². The van der Waals surface area contributed by atoms with E-state index in [9.17, 15) is 9.59 Å². The van der Waals surface area contributed by atoms with Crippen molar-refractivity contribution in [1.82, 2.24) is 14.7 Å². The molecule has 0 aliphatic rings. The molecule has 0 bridgehead atoms. The number of nitrogens with one attached hydrogen (secondary N) is 1. The summed E-state index contributed by atoms with van der Waals surface area (Å²) in [7, 11) is 0. The molecule has 0 unspecified atom stereocenters. The second-order valence-corrected chi connectivity index (χ2v) is 4.84. The lowest BCUT2D eigenvalue weighted by Gasteiger charge is -1.98. The topological polar surface area (TPSA) is 83.7 Å². The number of nitrogens with zero attached hydrogens (tertiary/aromatic N) is 2. The molecule has 0 saturated heterocycles. The summed E-state index contributed by atoms with van der Waals surface area (Å²) in [6, 6.07) is 0. The molecule has 0 radical (unpaired) electrons. The van der Waals surface area contributed by atoms with Gasteiger partial charge in [-0.25, -0.2) is 4.98 Å². The predicted molar refractivity (Wildman–Crippen MR) is 72.4 cm³/mol. The molecule has 6 nitrogen and oxygen atoms in total. The van der Waals surface area contributed by atoms with Crippen LogP contribution < -0.4 is 5.32 Å². The van der Waals surface area contributed by atoms with Crippen molar-refractivity contribution in [3.8, 4) is 0 Å². The number of rotatable bonds is 5. The largest absolute Gasteiger partial charge is 0.481 e. The van der Waals surface area contributed by atoms with Crippen LogP contribution in [-0.4, -0.2) is 32.9 Å². The second kappa shape index (κ2) is 5.85. The molecule has 8 heteroatoms. The van der Waals surface area contributed by atoms with Gasteiger partial charge in [0.2, 0.25) is 5.91 Å². The maximum Gasteiger partial charge on any atom is 0.305 e. The average Bonchev–Trinajstić information content (AvgIpc) is 2.87. The van der Waals surface area contributed by atoms with Gasteiger partial charge in [0.1, 0.15) is 0 Å². The van der Waals surface area contributed by atoms with E-state index in [2.05, 4.69) is 10.3 Å². The fourth-order valence-corrected chi connectivity index (χ4v) is 2.44. The summed E-state index contributed by atoms with van der Waals surface area (Å²) >= 11 is 7.39. The number of aromatic nitrogens is 2. The molecule has 2 aromatic rings. The number of aliphatic carboxylic acids is 1. The van der Waals surface area contributed by atoms with E-state index >= 15 is 0 Å². The number of imidazole rings is 1. The van der Waals surface area contributed by atoms with Crippen molar-refractivity contribution < 1.29 is 14.7 Å². The molecule has 0 aliphatic carbocycles. The molecule has 2 rings (SSSR count). The van der Waals surface area contributed by atoms with Gasteiger partial charge in [0.25, 0.3) is 0 Å². The van der Waals surface area contributed by atoms with Crippen molar-refractivity contribution in [1.29, 1.82) is 0 Å². The highest BCUT2D eigenvalue weighted by Crippen LogP contribution is 2.22. The minimum atomic E-state index is -0.955. The lowest BCUT2D eigenvalue weighted by atomic mass is 10.3. The van der Waals surface area contributed by atoms with E-state index in [-0.39, 0.29) is 18.9 Å². The van der Waals surface area contributed by atoms with Crippen molar-refractivity contribution in [3.63, 3.8) is 0 Å². The third-order valence-corrected chi connectivity index (χ3v) is 3.32. The van der Waals surface area contributed by atoms with E-state index in [1.807, 2.05) is 5.38 Å². The summed E-state index contributed by atoms with van der Waals surface area (Å²) in [5.74, 6) is -1.33. The van der Waals surface area contributed by atoms with Crippen molar-refractivity contribution in [2.24, 2.45) is 0 Å². The van der Waals surface area contributed by atoms with Gasteiger partial charge in [0.15, 0.2) is 10.1 Å². The SMILES string of the molecule is O=C(O)CCNC(=O)C=Cc1c(Cl)nc2sccn12. The number of fused-ring (bicyclic) bond motifs is 1. The fourth-order valence-electron chi connectivity index (χ4n) is 1.43. The number of carboxylic acids is 1. The molecule has 0 atom stereocenters. The predicted octanol–water partition coefficient (Wildman–Crippen LogP) is 1.65. The van der Waals surface area contributed by atoms with E-state index in [0.717, 1.165) is 4.96 Å². The first-order chi connectivity index (χ1) is 9.08. The molecule has 0 aromatic carbocycles. The molecule has 100 valence electrons. The molecule has 0 fully saturated rings. The Hall–Kier alpha value is -1.86. The Labute approximate surface area is 117 Å². The Morgan fingerprint density at radius 1 is 1.58 bits per heavy atom. The standard InChI is InChI=1S/C11H10ClN3O3S/c12-10-7(15-5-6-19-11(15)14-10)1-2-8(16)13-4-3-9(17)18/h1-2,5-6H,3-4H2,(H,13,16)(H,17,18). The molecule has 19 heavy (non-hydrogen) atoms. The van der Waals surface area contributed by atoms with Crippen LogP contribution in [0, 0.1) is 0 Å². The van der Waals surface area contributed by atoms with Crippen molar-refractivity contribution in [2.75, 3.05) is 6.54 Å². The Kier molecular flexibility index (Phi) is 4.18. The van der Waals surface area contributed by atoms with Crippen LogP contribution in [0.4, 0.5) is 0 Å². The maximum absolute atomic E-state index is 11.4. The van der Waals surface area contributed by atoms with E-state index in [1.54, 1.807) is 16.7 Å². The monoisotopic (exact) mass is 299 g/mol. The third kappa shape index (κ3) is 3.33. The maximum atomic E-state index is 11.4. The smallest absolute Gasteiger partial charge is 0.305 e. The number of thiazole rings is 1. The van der Waals surface area contributed by atoms with E-state index in [0.29, 0.717) is 10.8 Å². The van der Waals surface area contributed by atoms with Gasteiger partial charge in [0, 0.05) is 24.2 Å². The second-order valence-electron chi connectivity index (χ2n) is 3.61. The van der Waals surface area contributed by atoms with Gasteiger partial charge in [0.05, 0.1) is 12.1 Å². The lowest BCUT2D eigenvalue weighted by Crippen LogP contribution is -2.23. The number of amides is 1. The normalized spacial score (nSPS) is 11.2. The van der Waals surface area contributed by atoms with Crippen LogP contribution in [0.15, 0.2) is 17.7 Å². The van der Waals surface area contributed by atoms with Gasteiger partial charge < -0.3 is 10.4 Å². The fraction of sp³-hybridized carbons (Fsp3) is 0.182. The molecule has 1 amide bonds. The summed E-state index contributed by atoms with van der Waals surface area (Å²) < 4.78 is 1.77. The van der Waals surface area contributed by atoms with Gasteiger partial charge in [-0.1, -0.05) is 11.6 Å². The summed E-state index contributed by atoms with van der Waals surface area (Å²) in [6.45, 7) is 0.0898. The highest BCUT2D eigenvalue weighted by molar-refractivity contribution is 7.15. The molecule has 0 spiro atoms. The minimum Gasteiger partial charge on any atom is -0.481 e. The molecular formula is C11H10ClN3O3S. The molecule has 0 saturated carbocycles. The first kappa shape index (κ1) is 13.6. The van der Waals surface area contributed by atoms with Gasteiger partial charge in [-0.2, -0.15) is 0 Å².